The summed E-state index contributed by atoms with van der Waals surface area (Å²) in [5, 5.41) is 3.19. The molecule has 8 heteroatoms. The van der Waals surface area contributed by atoms with Crippen LogP contribution >= 0.6 is 0 Å². The first-order valence-electron chi connectivity index (χ1n) is 9.56. The van der Waals surface area contributed by atoms with Crippen LogP contribution in [0.15, 0.2) is 23.1 Å². The first kappa shape index (κ1) is 20.3. The van der Waals surface area contributed by atoms with Crippen molar-refractivity contribution in [1.29, 1.82) is 0 Å². The number of rotatable bonds is 5. The van der Waals surface area contributed by atoms with Gasteiger partial charge in [-0.05, 0) is 57.0 Å². The van der Waals surface area contributed by atoms with Gasteiger partial charge >= 0.3 is 0 Å². The fourth-order valence-electron chi connectivity index (χ4n) is 3.75. The third-order valence-corrected chi connectivity index (χ3v) is 7.46. The number of carbonyl (C=O) groups excluding carboxylic acids is 1. The number of amides is 1. The van der Waals surface area contributed by atoms with Gasteiger partial charge < -0.3 is 15.0 Å². The van der Waals surface area contributed by atoms with Gasteiger partial charge in [0, 0.05) is 31.7 Å². The summed E-state index contributed by atoms with van der Waals surface area (Å²) in [5.41, 5.74) is 1.10. The van der Waals surface area contributed by atoms with Crippen molar-refractivity contribution in [3.8, 4) is 0 Å². The van der Waals surface area contributed by atoms with E-state index in [4.69, 9.17) is 4.74 Å². The molecule has 7 nitrogen and oxygen atoms in total. The van der Waals surface area contributed by atoms with Gasteiger partial charge in [0.25, 0.3) is 5.91 Å². The minimum absolute atomic E-state index is 0.0867. The zero-order chi connectivity index (χ0) is 19.4. The smallest absolute Gasteiger partial charge is 0.253 e. The first-order valence-corrected chi connectivity index (χ1v) is 11.0. The predicted molar refractivity (Wildman–Crippen MR) is 103 cm³/mol. The molecule has 0 bridgehead atoms. The summed E-state index contributed by atoms with van der Waals surface area (Å²) in [6.07, 6.45) is 1.94. The Morgan fingerprint density at radius 2 is 1.85 bits per heavy atom. The van der Waals surface area contributed by atoms with Crippen LogP contribution in [0.3, 0.4) is 0 Å². The van der Waals surface area contributed by atoms with Gasteiger partial charge in [-0.25, -0.2) is 8.42 Å². The van der Waals surface area contributed by atoms with Crippen molar-refractivity contribution in [3.05, 3.63) is 29.3 Å². The molecule has 0 spiro atoms. The van der Waals surface area contributed by atoms with Crippen molar-refractivity contribution in [2.75, 3.05) is 53.0 Å². The van der Waals surface area contributed by atoms with E-state index in [1.807, 2.05) is 11.9 Å². The van der Waals surface area contributed by atoms with E-state index in [-0.39, 0.29) is 10.8 Å². The number of morpholine rings is 1. The summed E-state index contributed by atoms with van der Waals surface area (Å²) in [4.78, 5) is 15.0. The van der Waals surface area contributed by atoms with Crippen molar-refractivity contribution in [3.63, 3.8) is 0 Å². The largest absolute Gasteiger partial charge is 0.379 e. The molecule has 0 saturated carbocycles. The van der Waals surface area contributed by atoms with Crippen molar-refractivity contribution in [1.82, 2.24) is 14.5 Å². The molecule has 0 unspecified atom stereocenters. The van der Waals surface area contributed by atoms with Crippen molar-refractivity contribution >= 4 is 15.9 Å². The molecule has 1 aromatic rings. The number of hydrogen-bond donors (Lipinski definition) is 1. The molecule has 0 aromatic heterocycles. The molecule has 1 N–H and O–H groups in total. The number of nitrogens with zero attached hydrogens (tertiary/aromatic N) is 2. The van der Waals surface area contributed by atoms with Crippen LogP contribution in [-0.4, -0.2) is 76.5 Å². The van der Waals surface area contributed by atoms with Gasteiger partial charge in [-0.15, -0.1) is 0 Å². The average molecular weight is 396 g/mol. The minimum Gasteiger partial charge on any atom is -0.379 e. The number of carbonyl (C=O) groups is 1. The van der Waals surface area contributed by atoms with Crippen LogP contribution in [0.4, 0.5) is 0 Å². The fourth-order valence-corrected chi connectivity index (χ4v) is 5.41. The number of likely N-dealkylation sites (tertiary alicyclic amines) is 1. The van der Waals surface area contributed by atoms with E-state index in [9.17, 15) is 13.2 Å². The van der Waals surface area contributed by atoms with Gasteiger partial charge in [0.15, 0.2) is 0 Å². The monoisotopic (exact) mass is 395 g/mol. The van der Waals surface area contributed by atoms with Crippen LogP contribution in [0.25, 0.3) is 0 Å². The zero-order valence-electron chi connectivity index (χ0n) is 16.1. The lowest BCUT2D eigenvalue weighted by Gasteiger charge is -2.32. The second-order valence-corrected chi connectivity index (χ2v) is 9.20. The van der Waals surface area contributed by atoms with Crippen molar-refractivity contribution in [2.24, 2.45) is 5.92 Å². The minimum atomic E-state index is -3.62. The van der Waals surface area contributed by atoms with Crippen LogP contribution < -0.4 is 5.32 Å². The van der Waals surface area contributed by atoms with Gasteiger partial charge in [0.1, 0.15) is 0 Å². The molecule has 2 heterocycles. The van der Waals surface area contributed by atoms with Crippen LogP contribution in [0, 0.1) is 12.8 Å². The Kier molecular flexibility index (Phi) is 6.52. The van der Waals surface area contributed by atoms with E-state index in [1.54, 1.807) is 25.1 Å². The Bertz CT molecular complexity index is 767. The molecule has 0 radical (unpaired) electrons. The predicted octanol–water partition coefficient (Wildman–Crippen LogP) is 1.09. The molecule has 1 amide bonds. The van der Waals surface area contributed by atoms with Crippen LogP contribution in [0.2, 0.25) is 0 Å². The lowest BCUT2D eigenvalue weighted by Crippen LogP contribution is -2.41. The SMILES string of the molecule is CNCC1CCN(C(=O)c2ccc(C)c(S(=O)(=O)N3CCOCC3)c2)CC1. The summed E-state index contributed by atoms with van der Waals surface area (Å²) >= 11 is 0. The van der Waals surface area contributed by atoms with Crippen LogP contribution in [0.1, 0.15) is 28.8 Å². The Morgan fingerprint density at radius 3 is 2.48 bits per heavy atom. The van der Waals surface area contributed by atoms with E-state index >= 15 is 0 Å². The molecule has 150 valence electrons. The number of sulfonamides is 1. The number of nitrogens with one attached hydrogen (secondary N) is 1. The van der Waals surface area contributed by atoms with E-state index in [2.05, 4.69) is 5.32 Å². The van der Waals surface area contributed by atoms with E-state index in [1.165, 1.54) is 4.31 Å². The van der Waals surface area contributed by atoms with Gasteiger partial charge in [0.2, 0.25) is 10.0 Å². The Hall–Kier alpha value is -1.48. The molecule has 1 aromatic carbocycles. The van der Waals surface area contributed by atoms with Gasteiger partial charge in [-0.2, -0.15) is 4.31 Å². The Labute approximate surface area is 161 Å². The lowest BCUT2D eigenvalue weighted by atomic mass is 9.96. The normalized spacial score (nSPS) is 20.0. The Balaban J connectivity index is 1.78. The number of benzene rings is 1. The molecule has 2 aliphatic rings. The summed E-state index contributed by atoms with van der Waals surface area (Å²) in [6.45, 7) is 5.66. The van der Waals surface area contributed by atoms with E-state index in [0.29, 0.717) is 56.4 Å². The molecule has 3 rings (SSSR count). The topological polar surface area (TPSA) is 79.0 Å². The van der Waals surface area contributed by atoms with E-state index in [0.717, 1.165) is 19.4 Å². The highest BCUT2D eigenvalue weighted by molar-refractivity contribution is 7.89. The first-order chi connectivity index (χ1) is 12.9. The number of piperidine rings is 1. The maximum Gasteiger partial charge on any atom is 0.253 e. The quantitative estimate of drug-likeness (QED) is 0.807. The fraction of sp³-hybridized carbons (Fsp3) is 0.632. The zero-order valence-corrected chi connectivity index (χ0v) is 16.9. The maximum atomic E-state index is 13.0. The highest BCUT2D eigenvalue weighted by Crippen LogP contribution is 2.24. The number of aryl methyl sites for hydroxylation is 1. The molecular formula is C19H29N3O4S. The highest BCUT2D eigenvalue weighted by atomic mass is 32.2. The number of hydrogen-bond acceptors (Lipinski definition) is 5. The van der Waals surface area contributed by atoms with Gasteiger partial charge in [-0.1, -0.05) is 6.07 Å². The molecule has 2 saturated heterocycles. The Morgan fingerprint density at radius 1 is 1.19 bits per heavy atom. The second-order valence-electron chi connectivity index (χ2n) is 7.29. The number of ether oxygens (including phenoxy) is 1. The molecular weight excluding hydrogens is 366 g/mol. The van der Waals surface area contributed by atoms with Crippen LogP contribution in [-0.2, 0) is 14.8 Å². The standard InChI is InChI=1S/C19H29N3O4S/c1-15-3-4-17(19(23)21-7-5-16(6-8-21)14-20-2)13-18(15)27(24,25)22-9-11-26-12-10-22/h3-4,13,16,20H,5-12,14H2,1-2H3. The summed E-state index contributed by atoms with van der Waals surface area (Å²) < 4.78 is 32.7. The third kappa shape index (κ3) is 4.51. The van der Waals surface area contributed by atoms with Crippen LogP contribution in [0.5, 0.6) is 0 Å². The molecule has 2 aliphatic heterocycles. The third-order valence-electron chi connectivity index (χ3n) is 5.42. The summed E-state index contributed by atoms with van der Waals surface area (Å²) in [6, 6.07) is 5.01. The van der Waals surface area contributed by atoms with Crippen molar-refractivity contribution < 1.29 is 17.9 Å². The van der Waals surface area contributed by atoms with Crippen molar-refractivity contribution in [2.45, 2.75) is 24.7 Å². The molecule has 0 atom stereocenters. The molecule has 2 fully saturated rings. The van der Waals surface area contributed by atoms with Gasteiger partial charge in [-0.3, -0.25) is 4.79 Å². The molecule has 27 heavy (non-hydrogen) atoms. The molecule has 0 aliphatic carbocycles. The van der Waals surface area contributed by atoms with Gasteiger partial charge in [0.05, 0.1) is 18.1 Å². The summed E-state index contributed by atoms with van der Waals surface area (Å²) in [7, 11) is -1.68. The average Bonchev–Trinajstić information content (AvgIpc) is 2.69. The highest BCUT2D eigenvalue weighted by Gasteiger charge is 2.29. The second kappa shape index (κ2) is 8.68. The summed E-state index contributed by atoms with van der Waals surface area (Å²) in [5.74, 6) is 0.505. The lowest BCUT2D eigenvalue weighted by molar-refractivity contribution is 0.0690. The maximum absolute atomic E-state index is 13.0. The van der Waals surface area contributed by atoms with E-state index < -0.39 is 10.0 Å².